The normalized spacial score (nSPS) is 18.7. The van der Waals surface area contributed by atoms with Crippen molar-refractivity contribution in [3.63, 3.8) is 0 Å². The van der Waals surface area contributed by atoms with Crippen molar-refractivity contribution in [2.45, 2.75) is 19.4 Å². The minimum Gasteiger partial charge on any atom is -0.356 e. The second-order valence-electron chi connectivity index (χ2n) is 4.68. The number of nitrogens with one attached hydrogen (secondary N) is 1. The summed E-state index contributed by atoms with van der Waals surface area (Å²) in [4.78, 5) is 24.5. The van der Waals surface area contributed by atoms with E-state index in [-0.39, 0.29) is 5.91 Å². The first-order valence-corrected chi connectivity index (χ1v) is 5.67. The number of anilines is 1. The van der Waals surface area contributed by atoms with Crippen molar-refractivity contribution in [3.05, 3.63) is 29.8 Å². The zero-order chi connectivity index (χ0) is 12.5. The summed E-state index contributed by atoms with van der Waals surface area (Å²) in [6.45, 7) is 5.22. The van der Waals surface area contributed by atoms with Gasteiger partial charge in [-0.3, -0.25) is 9.59 Å². The first-order valence-electron chi connectivity index (χ1n) is 5.67. The van der Waals surface area contributed by atoms with Crippen LogP contribution in [0, 0.1) is 0 Å². The zero-order valence-corrected chi connectivity index (χ0v) is 10.1. The molecule has 1 N–H and O–H groups in total. The molecule has 0 radical (unpaired) electrons. The van der Waals surface area contributed by atoms with Gasteiger partial charge in [0.15, 0.2) is 0 Å². The monoisotopic (exact) mass is 232 g/mol. The molecule has 17 heavy (non-hydrogen) atoms. The smallest absolute Gasteiger partial charge is 0.245 e. The van der Waals surface area contributed by atoms with Crippen LogP contribution in [0.25, 0.3) is 0 Å². The Morgan fingerprint density at radius 2 is 1.94 bits per heavy atom. The van der Waals surface area contributed by atoms with Gasteiger partial charge in [-0.25, -0.2) is 0 Å². The maximum Gasteiger partial charge on any atom is 0.245 e. The molecular weight excluding hydrogens is 216 g/mol. The molecule has 1 aliphatic rings. The van der Waals surface area contributed by atoms with Crippen LogP contribution in [0.2, 0.25) is 0 Å². The van der Waals surface area contributed by atoms with E-state index in [0.29, 0.717) is 12.1 Å². The number of hydrogen-bond acceptors (Lipinski definition) is 3. The molecule has 1 aliphatic heterocycles. The third-order valence-electron chi connectivity index (χ3n) is 3.19. The molecule has 4 heteroatoms. The number of carbonyl (C=O) groups excluding carboxylic acids is 2. The second kappa shape index (κ2) is 4.20. The fourth-order valence-electron chi connectivity index (χ4n) is 2.08. The summed E-state index contributed by atoms with van der Waals surface area (Å²) in [7, 11) is 0. The average Bonchev–Trinajstić information content (AvgIpc) is 2.33. The van der Waals surface area contributed by atoms with Crippen molar-refractivity contribution in [1.82, 2.24) is 5.32 Å². The van der Waals surface area contributed by atoms with E-state index in [4.69, 9.17) is 0 Å². The number of benzene rings is 1. The number of carbonyl (C=O) groups is 2. The number of amides is 1. The van der Waals surface area contributed by atoms with Gasteiger partial charge in [0.25, 0.3) is 0 Å². The maximum absolute atomic E-state index is 11.8. The summed E-state index contributed by atoms with van der Waals surface area (Å²) >= 11 is 0. The van der Waals surface area contributed by atoms with E-state index >= 15 is 0 Å². The molecule has 1 amide bonds. The fraction of sp³-hybridized carbons (Fsp3) is 0.385. The first kappa shape index (κ1) is 11.6. The maximum atomic E-state index is 11.8. The Morgan fingerprint density at radius 1 is 1.29 bits per heavy atom. The van der Waals surface area contributed by atoms with E-state index < -0.39 is 5.54 Å². The average molecular weight is 232 g/mol. The zero-order valence-electron chi connectivity index (χ0n) is 10.1. The number of aldehydes is 1. The standard InChI is InChI=1S/C13H16N2O2/c1-13(2)12(17)14-7-8-15(13)11-5-3-10(9-16)4-6-11/h3-6,9H,7-8H2,1-2H3,(H,14,17). The van der Waals surface area contributed by atoms with Crippen molar-refractivity contribution < 1.29 is 9.59 Å². The van der Waals surface area contributed by atoms with Crippen molar-refractivity contribution in [3.8, 4) is 0 Å². The summed E-state index contributed by atoms with van der Waals surface area (Å²) in [6, 6.07) is 7.30. The highest BCUT2D eigenvalue weighted by atomic mass is 16.2. The fourth-order valence-corrected chi connectivity index (χ4v) is 2.08. The summed E-state index contributed by atoms with van der Waals surface area (Å²) < 4.78 is 0. The third-order valence-corrected chi connectivity index (χ3v) is 3.19. The second-order valence-corrected chi connectivity index (χ2v) is 4.68. The van der Waals surface area contributed by atoms with E-state index in [1.165, 1.54) is 0 Å². The van der Waals surface area contributed by atoms with Crippen LogP contribution < -0.4 is 10.2 Å². The van der Waals surface area contributed by atoms with Crippen LogP contribution in [0.15, 0.2) is 24.3 Å². The molecule has 4 nitrogen and oxygen atoms in total. The lowest BCUT2D eigenvalue weighted by molar-refractivity contribution is -0.126. The van der Waals surface area contributed by atoms with Gasteiger partial charge in [-0.2, -0.15) is 0 Å². The van der Waals surface area contributed by atoms with E-state index in [9.17, 15) is 9.59 Å². The van der Waals surface area contributed by atoms with Crippen molar-refractivity contribution >= 4 is 17.9 Å². The van der Waals surface area contributed by atoms with Gasteiger partial charge in [0, 0.05) is 24.3 Å². The van der Waals surface area contributed by atoms with Crippen LogP contribution in [0.3, 0.4) is 0 Å². The summed E-state index contributed by atoms with van der Waals surface area (Å²) in [5.41, 5.74) is 1.06. The van der Waals surface area contributed by atoms with Gasteiger partial charge >= 0.3 is 0 Å². The van der Waals surface area contributed by atoms with Crippen LogP contribution in [0.5, 0.6) is 0 Å². The SMILES string of the molecule is CC1(C)C(=O)NCCN1c1ccc(C=O)cc1. The molecule has 0 bridgehead atoms. The van der Waals surface area contributed by atoms with Crippen molar-refractivity contribution in [2.75, 3.05) is 18.0 Å². The van der Waals surface area contributed by atoms with E-state index in [2.05, 4.69) is 10.2 Å². The highest BCUT2D eigenvalue weighted by Gasteiger charge is 2.37. The van der Waals surface area contributed by atoms with Crippen molar-refractivity contribution in [1.29, 1.82) is 0 Å². The van der Waals surface area contributed by atoms with E-state index in [1.54, 1.807) is 12.1 Å². The largest absolute Gasteiger partial charge is 0.356 e. The van der Waals surface area contributed by atoms with Crippen LogP contribution in [0.1, 0.15) is 24.2 Å². The molecule has 1 saturated heterocycles. The number of hydrogen-bond donors (Lipinski definition) is 1. The van der Waals surface area contributed by atoms with Crippen LogP contribution in [-0.2, 0) is 4.79 Å². The number of piperazine rings is 1. The third kappa shape index (κ3) is 2.02. The molecule has 1 aromatic carbocycles. The highest BCUT2D eigenvalue weighted by Crippen LogP contribution is 2.26. The molecule has 0 unspecified atom stereocenters. The molecule has 0 spiro atoms. The molecule has 0 saturated carbocycles. The Bertz CT molecular complexity index is 437. The summed E-state index contributed by atoms with van der Waals surface area (Å²) in [6.07, 6.45) is 0.817. The Morgan fingerprint density at radius 3 is 2.53 bits per heavy atom. The van der Waals surface area contributed by atoms with Crippen LogP contribution in [-0.4, -0.2) is 30.8 Å². The molecular formula is C13H16N2O2. The van der Waals surface area contributed by atoms with Crippen molar-refractivity contribution in [2.24, 2.45) is 0 Å². The van der Waals surface area contributed by atoms with Gasteiger partial charge in [0.05, 0.1) is 0 Å². The quantitative estimate of drug-likeness (QED) is 0.780. The lowest BCUT2D eigenvalue weighted by Gasteiger charge is -2.42. The number of nitrogens with zero attached hydrogens (tertiary/aromatic N) is 1. The highest BCUT2D eigenvalue weighted by molar-refractivity contribution is 5.90. The molecule has 2 rings (SSSR count). The van der Waals surface area contributed by atoms with Gasteiger partial charge in [0.2, 0.25) is 5.91 Å². The molecule has 0 aliphatic carbocycles. The number of rotatable bonds is 2. The predicted molar refractivity (Wildman–Crippen MR) is 66.3 cm³/mol. The molecule has 0 aromatic heterocycles. The van der Waals surface area contributed by atoms with Gasteiger partial charge in [-0.05, 0) is 38.1 Å². The molecule has 1 aromatic rings. The van der Waals surface area contributed by atoms with Crippen LogP contribution in [0.4, 0.5) is 5.69 Å². The molecule has 0 atom stereocenters. The van der Waals surface area contributed by atoms with Gasteiger partial charge in [-0.1, -0.05) is 0 Å². The minimum atomic E-state index is -0.555. The molecule has 1 fully saturated rings. The van der Waals surface area contributed by atoms with Gasteiger partial charge in [0.1, 0.15) is 11.8 Å². The van der Waals surface area contributed by atoms with E-state index in [0.717, 1.165) is 18.5 Å². The summed E-state index contributed by atoms with van der Waals surface area (Å²) in [5.74, 6) is 0.0308. The summed E-state index contributed by atoms with van der Waals surface area (Å²) in [5, 5.41) is 2.86. The Hall–Kier alpha value is -1.84. The molecule has 1 heterocycles. The lowest BCUT2D eigenvalue weighted by atomic mass is 9.98. The lowest BCUT2D eigenvalue weighted by Crippen LogP contribution is -2.62. The minimum absolute atomic E-state index is 0.0308. The Labute approximate surface area is 101 Å². The van der Waals surface area contributed by atoms with Crippen LogP contribution >= 0.6 is 0 Å². The van der Waals surface area contributed by atoms with Gasteiger partial charge in [-0.15, -0.1) is 0 Å². The predicted octanol–water partition coefficient (Wildman–Crippen LogP) is 1.21. The first-order chi connectivity index (χ1) is 8.05. The van der Waals surface area contributed by atoms with Gasteiger partial charge < -0.3 is 10.2 Å². The molecule has 90 valence electrons. The Kier molecular flexibility index (Phi) is 2.88. The topological polar surface area (TPSA) is 49.4 Å². The Balaban J connectivity index is 2.31. The van der Waals surface area contributed by atoms with E-state index in [1.807, 2.05) is 26.0 Å².